The highest BCUT2D eigenvalue weighted by atomic mass is 79.9. The van der Waals surface area contributed by atoms with Crippen molar-refractivity contribution in [3.05, 3.63) is 71.0 Å². The topological polar surface area (TPSA) is 43.4 Å². The van der Waals surface area contributed by atoms with Crippen LogP contribution in [0.5, 0.6) is 0 Å². The molecule has 0 aliphatic rings. The quantitative estimate of drug-likeness (QED) is 0.482. The van der Waals surface area contributed by atoms with Gasteiger partial charge in [-0.25, -0.2) is 0 Å². The van der Waals surface area contributed by atoms with Gasteiger partial charge in [-0.05, 0) is 47.5 Å². The van der Waals surface area contributed by atoms with Crippen molar-refractivity contribution in [3.63, 3.8) is 0 Å². The van der Waals surface area contributed by atoms with Gasteiger partial charge in [0.25, 0.3) is 0 Å². The summed E-state index contributed by atoms with van der Waals surface area (Å²) in [5.74, 6) is -1.63. The van der Waals surface area contributed by atoms with Crippen LogP contribution in [0.2, 0.25) is 0 Å². The Kier molecular flexibility index (Phi) is 5.63. The molecule has 0 amide bonds. The van der Waals surface area contributed by atoms with Gasteiger partial charge in [0, 0.05) is 0 Å². The van der Waals surface area contributed by atoms with Gasteiger partial charge in [-0.15, -0.1) is 0 Å². The minimum Gasteiger partial charge on any atom is -0.372 e. The fraction of sp³-hybridized carbons (Fsp3) is 0.176. The Morgan fingerprint density at radius 1 is 0.920 bits per heavy atom. The number of aryl methyl sites for hydroxylation is 2. The molecule has 2 aromatic carbocycles. The van der Waals surface area contributed by atoms with Gasteiger partial charge in [-0.3, -0.25) is 0 Å². The fourth-order valence-corrected chi connectivity index (χ4v) is 3.54. The van der Waals surface area contributed by atoms with Crippen LogP contribution in [-0.4, -0.2) is 14.6 Å². The zero-order valence-corrected chi connectivity index (χ0v) is 15.7. The van der Waals surface area contributed by atoms with Crippen LogP contribution in [0.25, 0.3) is 4.48 Å². The maximum absolute atomic E-state index is 13.4. The molecule has 0 N–H and O–H groups in total. The van der Waals surface area contributed by atoms with Gasteiger partial charge in [0.15, 0.2) is 0 Å². The van der Waals surface area contributed by atoms with Crippen LogP contribution in [0.15, 0.2) is 59.2 Å². The van der Waals surface area contributed by atoms with Crippen molar-refractivity contribution in [1.82, 2.24) is 0 Å². The molecule has 0 bridgehead atoms. The molecule has 0 radical (unpaired) electrons. The summed E-state index contributed by atoms with van der Waals surface area (Å²) in [7, 11) is -4.63. The third-order valence-corrected chi connectivity index (χ3v) is 5.32. The number of benzene rings is 2. The summed E-state index contributed by atoms with van der Waals surface area (Å²) in [5, 5.41) is 0. The molecule has 2 rings (SSSR count). The summed E-state index contributed by atoms with van der Waals surface area (Å²) in [5.41, 5.74) is 1.77. The van der Waals surface area contributed by atoms with E-state index in [2.05, 4.69) is 20.1 Å². The monoisotopic (exact) mass is 434 g/mol. The summed E-state index contributed by atoms with van der Waals surface area (Å²) >= 11 is 2.82. The highest BCUT2D eigenvalue weighted by Gasteiger charge is 2.42. The number of rotatable bonds is 4. The van der Waals surface area contributed by atoms with Gasteiger partial charge < -0.3 is 4.18 Å². The maximum atomic E-state index is 13.4. The average Bonchev–Trinajstić information content (AvgIpc) is 2.52. The first kappa shape index (κ1) is 19.5. The lowest BCUT2D eigenvalue weighted by molar-refractivity contribution is -0.114. The number of hydrogen-bond donors (Lipinski definition) is 0. The minimum absolute atomic E-state index is 0.150. The third-order valence-electron chi connectivity index (χ3n) is 3.26. The predicted molar refractivity (Wildman–Crippen MR) is 92.5 cm³/mol. The van der Waals surface area contributed by atoms with Crippen molar-refractivity contribution < 1.29 is 25.8 Å². The Bertz CT molecular complexity index is 884. The van der Waals surface area contributed by atoms with Crippen LogP contribution in [0.4, 0.5) is 13.2 Å². The maximum Gasteiger partial charge on any atom is 0.451 e. The average molecular weight is 435 g/mol. The molecular weight excluding hydrogens is 421 g/mol. The van der Waals surface area contributed by atoms with E-state index in [4.69, 9.17) is 0 Å². The summed E-state index contributed by atoms with van der Waals surface area (Å²) in [6.07, 6.45) is -5.00. The Morgan fingerprint density at radius 3 is 1.80 bits per heavy atom. The second kappa shape index (κ2) is 7.21. The number of alkyl halides is 3. The normalized spacial score (nSPS) is 13.4. The molecule has 0 aliphatic heterocycles. The molecule has 0 aliphatic carbocycles. The van der Waals surface area contributed by atoms with Crippen molar-refractivity contribution in [3.8, 4) is 0 Å². The Labute approximate surface area is 152 Å². The summed E-state index contributed by atoms with van der Waals surface area (Å²) in [6.45, 7) is 3.51. The van der Waals surface area contributed by atoms with E-state index in [0.29, 0.717) is 0 Å². The molecular formula is C17H14BrF3O3S. The van der Waals surface area contributed by atoms with E-state index in [-0.39, 0.29) is 10.5 Å². The van der Waals surface area contributed by atoms with Crippen LogP contribution >= 0.6 is 15.9 Å². The minimum atomic E-state index is -5.00. The van der Waals surface area contributed by atoms with Crippen LogP contribution in [0.1, 0.15) is 16.7 Å². The molecule has 0 fully saturated rings. The van der Waals surface area contributed by atoms with Crippen molar-refractivity contribution in [2.24, 2.45) is 0 Å². The zero-order chi connectivity index (χ0) is 18.8. The molecule has 0 atom stereocenters. The standard InChI is InChI=1S/C17H14BrF3O3S/c1-11-3-7-13(8-4-11)15(18)16(17(19,20)21)24-25(22,23)14-9-5-12(2)6-10-14/h3-10H,1-2H3/b16-15+. The lowest BCUT2D eigenvalue weighted by Crippen LogP contribution is -2.19. The number of halogens is 4. The van der Waals surface area contributed by atoms with Crippen LogP contribution in [-0.2, 0) is 14.3 Å². The van der Waals surface area contributed by atoms with Crippen LogP contribution in [0.3, 0.4) is 0 Å². The first-order valence-corrected chi connectivity index (χ1v) is 9.26. The molecule has 0 saturated carbocycles. The lowest BCUT2D eigenvalue weighted by atomic mass is 10.1. The highest BCUT2D eigenvalue weighted by Crippen LogP contribution is 2.38. The van der Waals surface area contributed by atoms with Crippen LogP contribution < -0.4 is 0 Å². The van der Waals surface area contributed by atoms with Crippen LogP contribution in [0, 0.1) is 13.8 Å². The highest BCUT2D eigenvalue weighted by molar-refractivity contribution is 9.15. The Hall–Kier alpha value is -1.80. The Morgan fingerprint density at radius 2 is 1.36 bits per heavy atom. The molecule has 0 aromatic heterocycles. The van der Waals surface area contributed by atoms with Gasteiger partial charge in [0.2, 0.25) is 5.76 Å². The SMILES string of the molecule is Cc1ccc(/C(Br)=C(\OS(=O)(=O)c2ccc(C)cc2)C(F)(F)F)cc1. The largest absolute Gasteiger partial charge is 0.451 e. The third kappa shape index (κ3) is 4.85. The van der Waals surface area contributed by atoms with Gasteiger partial charge >= 0.3 is 16.3 Å². The molecule has 0 spiro atoms. The summed E-state index contributed by atoms with van der Waals surface area (Å²) in [6, 6.07) is 11.4. The van der Waals surface area contributed by atoms with E-state index < -0.39 is 26.5 Å². The first-order chi connectivity index (χ1) is 11.5. The lowest BCUT2D eigenvalue weighted by Gasteiger charge is -2.16. The van der Waals surface area contributed by atoms with E-state index in [1.807, 2.05) is 0 Å². The first-order valence-electron chi connectivity index (χ1n) is 7.06. The summed E-state index contributed by atoms with van der Waals surface area (Å²) < 4.78 is 68.5. The predicted octanol–water partition coefficient (Wildman–Crippen LogP) is 5.33. The van der Waals surface area contributed by atoms with E-state index in [1.165, 1.54) is 36.4 Å². The number of allylic oxidation sites excluding steroid dienone is 1. The van der Waals surface area contributed by atoms with Gasteiger partial charge in [0.1, 0.15) is 4.90 Å². The van der Waals surface area contributed by atoms with E-state index in [9.17, 15) is 21.6 Å². The molecule has 3 nitrogen and oxygen atoms in total. The van der Waals surface area contributed by atoms with E-state index in [1.54, 1.807) is 26.0 Å². The molecule has 2 aromatic rings. The van der Waals surface area contributed by atoms with Crippen molar-refractivity contribution in [2.45, 2.75) is 24.9 Å². The Balaban J connectivity index is 2.50. The fourth-order valence-electron chi connectivity index (χ4n) is 1.90. The van der Waals surface area contributed by atoms with Gasteiger partial charge in [-0.1, -0.05) is 47.5 Å². The van der Waals surface area contributed by atoms with Gasteiger partial charge in [0.05, 0.1) is 4.48 Å². The van der Waals surface area contributed by atoms with Crippen molar-refractivity contribution >= 4 is 30.5 Å². The summed E-state index contributed by atoms with van der Waals surface area (Å²) in [4.78, 5) is -0.357. The van der Waals surface area contributed by atoms with E-state index in [0.717, 1.165) is 11.1 Å². The van der Waals surface area contributed by atoms with Crippen molar-refractivity contribution in [2.75, 3.05) is 0 Å². The molecule has 25 heavy (non-hydrogen) atoms. The van der Waals surface area contributed by atoms with E-state index >= 15 is 0 Å². The molecule has 0 saturated heterocycles. The number of hydrogen-bond acceptors (Lipinski definition) is 3. The second-order valence-corrected chi connectivity index (χ2v) is 7.70. The van der Waals surface area contributed by atoms with Gasteiger partial charge in [-0.2, -0.15) is 21.6 Å². The van der Waals surface area contributed by atoms with Crippen molar-refractivity contribution in [1.29, 1.82) is 0 Å². The molecule has 0 unspecified atom stereocenters. The smallest absolute Gasteiger partial charge is 0.372 e. The second-order valence-electron chi connectivity index (χ2n) is 5.36. The zero-order valence-electron chi connectivity index (χ0n) is 13.3. The molecule has 8 heteroatoms. The molecule has 0 heterocycles. The molecule has 134 valence electrons.